The highest BCUT2D eigenvalue weighted by molar-refractivity contribution is 7.91. The summed E-state index contributed by atoms with van der Waals surface area (Å²) in [4.78, 5) is 18.5. The number of carbonyl (C=O) groups is 1. The molecule has 26 heavy (non-hydrogen) atoms. The number of hydrogen-bond acceptors (Lipinski definition) is 5. The Hall–Kier alpha value is -1.64. The monoisotopic (exact) mass is 380 g/mol. The van der Waals surface area contributed by atoms with Gasteiger partial charge in [-0.2, -0.15) is 0 Å². The van der Waals surface area contributed by atoms with Crippen molar-refractivity contribution >= 4 is 21.6 Å². The fraction of sp³-hybridized carbons (Fsp3) is 0.611. The second-order valence-corrected chi connectivity index (χ2v) is 9.71. The summed E-state index contributed by atoms with van der Waals surface area (Å²) in [6.07, 6.45) is 1.20. The fourth-order valence-corrected chi connectivity index (χ4v) is 4.65. The Balaban J connectivity index is 1.49. The topological polar surface area (TPSA) is 73.0 Å². The number of rotatable bonds is 4. The third kappa shape index (κ3) is 4.96. The summed E-state index contributed by atoms with van der Waals surface area (Å²) in [6, 6.07) is 8.29. The number of urea groups is 1. The molecule has 0 aliphatic carbocycles. The number of anilines is 1. The number of amides is 2. The van der Waals surface area contributed by atoms with Crippen molar-refractivity contribution in [3.05, 3.63) is 29.8 Å². The van der Waals surface area contributed by atoms with Gasteiger partial charge in [-0.05, 0) is 38.2 Å². The van der Waals surface area contributed by atoms with Crippen molar-refractivity contribution in [3.8, 4) is 0 Å². The largest absolute Gasteiger partial charge is 0.322 e. The van der Waals surface area contributed by atoms with E-state index < -0.39 is 9.84 Å². The molecule has 2 fully saturated rings. The third-order valence-electron chi connectivity index (χ3n) is 5.22. The third-order valence-corrected chi connectivity index (χ3v) is 6.83. The van der Waals surface area contributed by atoms with Crippen LogP contribution in [0.4, 0.5) is 10.5 Å². The molecule has 2 heterocycles. The van der Waals surface area contributed by atoms with Crippen LogP contribution in [0.25, 0.3) is 0 Å². The summed E-state index contributed by atoms with van der Waals surface area (Å²) in [6.45, 7) is 3.63. The van der Waals surface area contributed by atoms with Crippen molar-refractivity contribution in [1.82, 2.24) is 14.7 Å². The van der Waals surface area contributed by atoms with Gasteiger partial charge in [-0.1, -0.05) is 12.1 Å². The van der Waals surface area contributed by atoms with E-state index in [1.807, 2.05) is 24.3 Å². The van der Waals surface area contributed by atoms with E-state index in [1.54, 1.807) is 4.90 Å². The number of hydrogen-bond donors (Lipinski definition) is 1. The maximum Gasteiger partial charge on any atom is 0.321 e. The zero-order valence-corrected chi connectivity index (χ0v) is 16.3. The van der Waals surface area contributed by atoms with Crippen LogP contribution in [0.5, 0.6) is 0 Å². The summed E-state index contributed by atoms with van der Waals surface area (Å²) >= 11 is 0. The van der Waals surface area contributed by atoms with Crippen molar-refractivity contribution in [2.24, 2.45) is 0 Å². The number of likely N-dealkylation sites (tertiary alicyclic amines) is 1. The van der Waals surface area contributed by atoms with Crippen LogP contribution in [0.1, 0.15) is 12.0 Å². The molecule has 1 atom stereocenters. The molecule has 2 amide bonds. The van der Waals surface area contributed by atoms with Crippen LogP contribution in [0, 0.1) is 0 Å². The van der Waals surface area contributed by atoms with Gasteiger partial charge in [-0.3, -0.25) is 4.90 Å². The van der Waals surface area contributed by atoms with Gasteiger partial charge in [0.05, 0.1) is 11.5 Å². The van der Waals surface area contributed by atoms with E-state index in [0.29, 0.717) is 6.04 Å². The standard InChI is InChI=1S/C18H28N4O3S/c1-20(2)17-7-8-21(14-17)13-15-3-5-16(6-4-15)19-18(23)22-9-11-26(24,25)12-10-22/h3-6,17H,7-14H2,1-2H3,(H,19,23). The van der Waals surface area contributed by atoms with Crippen molar-refractivity contribution in [1.29, 1.82) is 0 Å². The average molecular weight is 381 g/mol. The highest BCUT2D eigenvalue weighted by Crippen LogP contribution is 2.18. The van der Waals surface area contributed by atoms with E-state index in [1.165, 1.54) is 12.0 Å². The molecule has 1 aromatic carbocycles. The summed E-state index contributed by atoms with van der Waals surface area (Å²) in [5, 5.41) is 2.85. The maximum absolute atomic E-state index is 12.2. The second-order valence-electron chi connectivity index (χ2n) is 7.41. The van der Waals surface area contributed by atoms with E-state index in [2.05, 4.69) is 29.2 Å². The minimum absolute atomic E-state index is 0.0448. The summed E-state index contributed by atoms with van der Waals surface area (Å²) in [7, 11) is 1.28. The average Bonchev–Trinajstić information content (AvgIpc) is 3.05. The van der Waals surface area contributed by atoms with Crippen molar-refractivity contribution in [3.63, 3.8) is 0 Å². The fourth-order valence-electron chi connectivity index (χ4n) is 3.45. The van der Waals surface area contributed by atoms with Crippen LogP contribution in [0.3, 0.4) is 0 Å². The predicted molar refractivity (Wildman–Crippen MR) is 103 cm³/mol. The predicted octanol–water partition coefficient (Wildman–Crippen LogP) is 1.08. The Morgan fingerprint density at radius 2 is 1.81 bits per heavy atom. The van der Waals surface area contributed by atoms with E-state index in [-0.39, 0.29) is 30.6 Å². The Morgan fingerprint density at radius 3 is 2.38 bits per heavy atom. The second kappa shape index (κ2) is 7.94. The van der Waals surface area contributed by atoms with Gasteiger partial charge in [0.1, 0.15) is 0 Å². The Labute approximate surface area is 155 Å². The minimum Gasteiger partial charge on any atom is -0.322 e. The van der Waals surface area contributed by atoms with E-state index in [4.69, 9.17) is 0 Å². The van der Waals surface area contributed by atoms with Crippen molar-refractivity contribution in [2.45, 2.75) is 19.0 Å². The number of nitrogens with zero attached hydrogens (tertiary/aromatic N) is 3. The Bertz CT molecular complexity index is 719. The molecule has 0 aromatic heterocycles. The molecule has 3 rings (SSSR count). The van der Waals surface area contributed by atoms with E-state index >= 15 is 0 Å². The van der Waals surface area contributed by atoms with Crippen LogP contribution in [-0.4, -0.2) is 87.0 Å². The lowest BCUT2D eigenvalue weighted by molar-refractivity contribution is 0.216. The van der Waals surface area contributed by atoms with Gasteiger partial charge in [-0.25, -0.2) is 13.2 Å². The lowest BCUT2D eigenvalue weighted by Crippen LogP contribution is -2.45. The van der Waals surface area contributed by atoms with E-state index in [0.717, 1.165) is 25.3 Å². The first-order valence-electron chi connectivity index (χ1n) is 9.06. The van der Waals surface area contributed by atoms with Gasteiger partial charge in [0.2, 0.25) is 0 Å². The molecule has 1 unspecified atom stereocenters. The normalized spacial score (nSPS) is 23.3. The molecule has 2 aliphatic heterocycles. The van der Waals surface area contributed by atoms with Crippen LogP contribution in [0.15, 0.2) is 24.3 Å². The number of nitrogens with one attached hydrogen (secondary N) is 1. The molecular weight excluding hydrogens is 352 g/mol. The molecule has 1 aromatic rings. The quantitative estimate of drug-likeness (QED) is 0.846. The zero-order chi connectivity index (χ0) is 18.7. The van der Waals surface area contributed by atoms with Crippen LogP contribution in [0.2, 0.25) is 0 Å². The van der Waals surface area contributed by atoms with Gasteiger partial charge in [0, 0.05) is 44.5 Å². The first-order chi connectivity index (χ1) is 12.3. The van der Waals surface area contributed by atoms with Gasteiger partial charge in [-0.15, -0.1) is 0 Å². The number of sulfone groups is 1. The molecule has 0 bridgehead atoms. The maximum atomic E-state index is 12.2. The van der Waals surface area contributed by atoms with E-state index in [9.17, 15) is 13.2 Å². The summed E-state index contributed by atoms with van der Waals surface area (Å²) in [5.74, 6) is 0.0896. The summed E-state index contributed by atoms with van der Waals surface area (Å²) in [5.41, 5.74) is 1.96. The Morgan fingerprint density at radius 1 is 1.15 bits per heavy atom. The number of benzene rings is 1. The van der Waals surface area contributed by atoms with Crippen LogP contribution >= 0.6 is 0 Å². The molecule has 8 heteroatoms. The smallest absolute Gasteiger partial charge is 0.321 e. The molecule has 0 saturated carbocycles. The minimum atomic E-state index is -2.98. The Kier molecular flexibility index (Phi) is 5.84. The van der Waals surface area contributed by atoms with Crippen LogP contribution < -0.4 is 5.32 Å². The van der Waals surface area contributed by atoms with Gasteiger partial charge < -0.3 is 15.1 Å². The highest BCUT2D eigenvalue weighted by atomic mass is 32.2. The molecule has 2 saturated heterocycles. The molecule has 144 valence electrons. The first kappa shape index (κ1) is 19.1. The van der Waals surface area contributed by atoms with Gasteiger partial charge >= 0.3 is 6.03 Å². The molecule has 7 nitrogen and oxygen atoms in total. The SMILES string of the molecule is CN(C)C1CCN(Cc2ccc(NC(=O)N3CCS(=O)(=O)CC3)cc2)C1. The molecule has 0 spiro atoms. The van der Waals surface area contributed by atoms with Crippen molar-refractivity contribution < 1.29 is 13.2 Å². The van der Waals surface area contributed by atoms with Gasteiger partial charge in [0.15, 0.2) is 9.84 Å². The number of likely N-dealkylation sites (N-methyl/N-ethyl adjacent to an activating group) is 1. The molecule has 0 radical (unpaired) electrons. The zero-order valence-electron chi connectivity index (χ0n) is 15.5. The van der Waals surface area contributed by atoms with Crippen molar-refractivity contribution in [2.75, 3.05) is 57.1 Å². The van der Waals surface area contributed by atoms with Gasteiger partial charge in [0.25, 0.3) is 0 Å². The molecule has 2 aliphatic rings. The van der Waals surface area contributed by atoms with Crippen LogP contribution in [-0.2, 0) is 16.4 Å². The summed E-state index contributed by atoms with van der Waals surface area (Å²) < 4.78 is 22.9. The lowest BCUT2D eigenvalue weighted by Gasteiger charge is -2.26. The molecule has 1 N–H and O–H groups in total. The molecular formula is C18H28N4O3S. The number of carbonyl (C=O) groups excluding carboxylic acids is 1. The highest BCUT2D eigenvalue weighted by Gasteiger charge is 2.25. The lowest BCUT2D eigenvalue weighted by atomic mass is 10.2. The first-order valence-corrected chi connectivity index (χ1v) is 10.9.